The Bertz CT molecular complexity index is 1060. The summed E-state index contributed by atoms with van der Waals surface area (Å²) >= 11 is 0. The van der Waals surface area contributed by atoms with Crippen LogP contribution in [-0.2, 0) is 42.9 Å². The van der Waals surface area contributed by atoms with Crippen molar-refractivity contribution in [2.75, 3.05) is 12.8 Å². The summed E-state index contributed by atoms with van der Waals surface area (Å²) in [5.41, 5.74) is 4.77. The number of nitrogens with zero attached hydrogens (tertiary/aromatic N) is 1. The summed E-state index contributed by atoms with van der Waals surface area (Å²) in [6.45, 7) is 12.7. The van der Waals surface area contributed by atoms with Crippen molar-refractivity contribution in [3.63, 3.8) is 0 Å². The van der Waals surface area contributed by atoms with Gasteiger partial charge >= 0.3 is 19.5 Å². The average Bonchev–Trinajstić information content (AvgIpc) is 3.15. The normalized spacial score (nSPS) is 15.7. The third kappa shape index (κ3) is 6.48. The average molecular weight is 495 g/mol. The molecule has 0 fully saturated rings. The molecule has 188 valence electrons. The first-order valence-electron chi connectivity index (χ1n) is 11.4. The maximum absolute atomic E-state index is 13.5. The zero-order valence-corrected chi connectivity index (χ0v) is 21.9. The van der Waals surface area contributed by atoms with E-state index in [0.717, 1.165) is 16.7 Å². The molecule has 2 atom stereocenters. The second-order valence-electron chi connectivity index (χ2n) is 8.52. The fraction of sp³-hybridized carbons (Fsp3) is 0.542. The minimum Gasteiger partial charge on any atom is -0.507 e. The van der Waals surface area contributed by atoms with Crippen LogP contribution in [0.15, 0.2) is 16.8 Å². The number of benzene rings is 1. The van der Waals surface area contributed by atoms with Gasteiger partial charge in [-0.2, -0.15) is 0 Å². The molecule has 1 unspecified atom stereocenters. The van der Waals surface area contributed by atoms with Crippen molar-refractivity contribution in [3.05, 3.63) is 39.5 Å². The lowest BCUT2D eigenvalue weighted by Crippen LogP contribution is -2.34. The molecule has 2 rings (SSSR count). The second kappa shape index (κ2) is 11.7. The molecule has 1 aliphatic heterocycles. The molecule has 0 spiro atoms. The Labute approximate surface area is 201 Å². The van der Waals surface area contributed by atoms with Crippen molar-refractivity contribution in [2.24, 2.45) is 5.16 Å². The standard InChI is InChI=1S/C24H35N2O7P/c1-8-18-16(6)20-12-32-24(29)21(20)22(27)19(18)11-10-15(5)13-34(30,33-25-14(3)4)26-17(7)23(28)31-9-2/h10,17,27H,8-9,11-13H2,1-7H3,(H,26,30)/b15-10+/t17-,34?/m0/s1. The van der Waals surface area contributed by atoms with Crippen LogP contribution >= 0.6 is 7.52 Å². The largest absolute Gasteiger partial charge is 0.507 e. The van der Waals surface area contributed by atoms with Gasteiger partial charge in [0.15, 0.2) is 0 Å². The number of oxime groups is 1. The van der Waals surface area contributed by atoms with E-state index in [4.69, 9.17) is 14.1 Å². The van der Waals surface area contributed by atoms with Gasteiger partial charge < -0.3 is 19.2 Å². The number of nitrogens with one attached hydrogen (secondary N) is 1. The van der Waals surface area contributed by atoms with Crippen LogP contribution in [0.3, 0.4) is 0 Å². The summed E-state index contributed by atoms with van der Waals surface area (Å²) in [7, 11) is -3.59. The molecule has 0 bridgehead atoms. The highest BCUT2D eigenvalue weighted by Gasteiger charge is 2.32. The van der Waals surface area contributed by atoms with Crippen molar-refractivity contribution in [1.29, 1.82) is 0 Å². The molecular formula is C24H35N2O7P. The molecule has 1 aliphatic rings. The molecule has 34 heavy (non-hydrogen) atoms. The van der Waals surface area contributed by atoms with Crippen molar-refractivity contribution >= 4 is 25.2 Å². The summed E-state index contributed by atoms with van der Waals surface area (Å²) in [4.78, 5) is 24.2. The van der Waals surface area contributed by atoms with Gasteiger partial charge in [-0.1, -0.05) is 23.7 Å². The number of carbonyl (C=O) groups excluding carboxylic acids is 2. The van der Waals surface area contributed by atoms with E-state index in [9.17, 15) is 19.3 Å². The highest BCUT2D eigenvalue weighted by atomic mass is 31.2. The molecule has 0 saturated heterocycles. The van der Waals surface area contributed by atoms with Gasteiger partial charge in [-0.25, -0.2) is 9.88 Å². The molecule has 9 nitrogen and oxygen atoms in total. The third-order valence-corrected chi connectivity index (χ3v) is 7.54. The maximum atomic E-state index is 13.5. The van der Waals surface area contributed by atoms with E-state index < -0.39 is 25.5 Å². The summed E-state index contributed by atoms with van der Waals surface area (Å²) < 4.78 is 29.0. The molecule has 10 heteroatoms. The Morgan fingerprint density at radius 2 is 1.97 bits per heavy atom. The number of cyclic esters (lactones) is 1. The predicted molar refractivity (Wildman–Crippen MR) is 130 cm³/mol. The number of fused-ring (bicyclic) bond motifs is 1. The number of phenolic OH excluding ortho intramolecular Hbond substituents is 1. The van der Waals surface area contributed by atoms with Gasteiger partial charge in [-0.05, 0) is 65.5 Å². The van der Waals surface area contributed by atoms with Crippen molar-refractivity contribution in [3.8, 4) is 5.75 Å². The first-order valence-corrected chi connectivity index (χ1v) is 13.2. The Morgan fingerprint density at radius 1 is 1.29 bits per heavy atom. The minimum absolute atomic E-state index is 0.0122. The van der Waals surface area contributed by atoms with Gasteiger partial charge in [0, 0.05) is 11.1 Å². The van der Waals surface area contributed by atoms with Crippen molar-refractivity contribution in [1.82, 2.24) is 5.09 Å². The van der Waals surface area contributed by atoms with Gasteiger partial charge in [-0.15, -0.1) is 0 Å². The fourth-order valence-corrected chi connectivity index (χ4v) is 5.84. The summed E-state index contributed by atoms with van der Waals surface area (Å²) in [6.07, 6.45) is 2.82. The highest BCUT2D eigenvalue weighted by molar-refractivity contribution is 7.57. The monoisotopic (exact) mass is 494 g/mol. The van der Waals surface area contributed by atoms with Crippen LogP contribution in [0.5, 0.6) is 5.75 Å². The number of phenols is 1. The van der Waals surface area contributed by atoms with E-state index in [2.05, 4.69) is 10.2 Å². The summed E-state index contributed by atoms with van der Waals surface area (Å²) in [6, 6.07) is -0.855. The number of aromatic hydroxyl groups is 1. The Hall–Kier alpha value is -2.64. The summed E-state index contributed by atoms with van der Waals surface area (Å²) in [5.74, 6) is -1.13. The van der Waals surface area contributed by atoms with Crippen molar-refractivity contribution < 1.29 is 33.4 Å². The Morgan fingerprint density at radius 3 is 2.56 bits per heavy atom. The van der Waals surface area contributed by atoms with Gasteiger partial charge in [-0.3, -0.25) is 9.36 Å². The molecule has 1 aromatic rings. The van der Waals surface area contributed by atoms with Crippen LogP contribution in [0.25, 0.3) is 0 Å². The molecule has 0 radical (unpaired) electrons. The van der Waals surface area contributed by atoms with Crippen LogP contribution in [0.2, 0.25) is 0 Å². The molecule has 0 aliphatic carbocycles. The Kier molecular flexibility index (Phi) is 9.47. The number of esters is 2. The number of carbonyl (C=O) groups is 2. The number of ether oxygens (including phenoxy) is 2. The van der Waals surface area contributed by atoms with Gasteiger partial charge in [0.25, 0.3) is 0 Å². The third-order valence-electron chi connectivity index (χ3n) is 5.50. The minimum atomic E-state index is -3.59. The zero-order valence-electron chi connectivity index (χ0n) is 21.0. The quantitative estimate of drug-likeness (QED) is 0.151. The number of hydrogen-bond acceptors (Lipinski definition) is 8. The van der Waals surface area contributed by atoms with E-state index in [0.29, 0.717) is 29.7 Å². The lowest BCUT2D eigenvalue weighted by molar-refractivity contribution is -0.144. The number of allylic oxidation sites excluding steroid dienone is 2. The predicted octanol–water partition coefficient (Wildman–Crippen LogP) is 4.57. The summed E-state index contributed by atoms with van der Waals surface area (Å²) in [5, 5.41) is 17.4. The molecule has 0 aromatic heterocycles. The van der Waals surface area contributed by atoms with Gasteiger partial charge in [0.1, 0.15) is 24.0 Å². The van der Waals surface area contributed by atoms with E-state index >= 15 is 0 Å². The second-order valence-corrected chi connectivity index (χ2v) is 10.6. The van der Waals surface area contributed by atoms with Gasteiger partial charge in [0.05, 0.1) is 18.5 Å². The molecule has 1 aromatic carbocycles. The van der Waals surface area contributed by atoms with Gasteiger partial charge in [0.2, 0.25) is 0 Å². The number of hydrogen-bond donors (Lipinski definition) is 2. The lowest BCUT2D eigenvalue weighted by Gasteiger charge is -2.21. The van der Waals surface area contributed by atoms with Crippen LogP contribution in [-0.4, -0.2) is 41.6 Å². The van der Waals surface area contributed by atoms with Crippen LogP contribution in [0.4, 0.5) is 0 Å². The Balaban J connectivity index is 2.32. The van der Waals surface area contributed by atoms with Crippen LogP contribution in [0.1, 0.15) is 74.2 Å². The van der Waals surface area contributed by atoms with E-state index in [1.807, 2.05) is 19.9 Å². The highest BCUT2D eigenvalue weighted by Crippen LogP contribution is 2.45. The van der Waals surface area contributed by atoms with E-state index in [1.165, 1.54) is 0 Å². The molecular weight excluding hydrogens is 459 g/mol. The van der Waals surface area contributed by atoms with Crippen LogP contribution in [0, 0.1) is 6.92 Å². The molecule has 1 heterocycles. The zero-order chi connectivity index (χ0) is 25.6. The molecule has 0 amide bonds. The first kappa shape index (κ1) is 27.6. The van der Waals surface area contributed by atoms with E-state index in [1.54, 1.807) is 34.6 Å². The smallest absolute Gasteiger partial charge is 0.344 e. The van der Waals surface area contributed by atoms with Crippen molar-refractivity contribution in [2.45, 2.75) is 74.0 Å². The van der Waals surface area contributed by atoms with Crippen LogP contribution < -0.4 is 5.09 Å². The SMILES string of the molecule is CCOC(=O)[C@H](C)NP(=O)(C/C(C)=C/Cc1c(O)c2c(c(C)c1CC)COC2=O)ON=C(C)C. The first-order chi connectivity index (χ1) is 15.9. The number of rotatable bonds is 11. The molecule has 0 saturated carbocycles. The fourth-order valence-electron chi connectivity index (χ4n) is 3.87. The maximum Gasteiger partial charge on any atom is 0.344 e. The van der Waals surface area contributed by atoms with E-state index in [-0.39, 0.29) is 30.7 Å². The lowest BCUT2D eigenvalue weighted by atomic mass is 9.89. The molecule has 2 N–H and O–H groups in total. The topological polar surface area (TPSA) is 124 Å².